The van der Waals surface area contributed by atoms with Crippen molar-refractivity contribution in [1.82, 2.24) is 20.3 Å². The van der Waals surface area contributed by atoms with E-state index >= 15 is 0 Å². The van der Waals surface area contributed by atoms with Gasteiger partial charge in [-0.2, -0.15) is 0 Å². The van der Waals surface area contributed by atoms with E-state index in [9.17, 15) is 4.79 Å². The number of rotatable bonds is 6. The minimum absolute atomic E-state index is 0.0455. The summed E-state index contributed by atoms with van der Waals surface area (Å²) in [6.45, 7) is 6.71. The monoisotopic (exact) mass is 508 g/mol. The fraction of sp³-hybridized carbons (Fsp3) is 0.333. The molecule has 2 N–H and O–H groups in total. The summed E-state index contributed by atoms with van der Waals surface area (Å²) in [5, 5.41) is 8.80. The topological polar surface area (TPSA) is 92.3 Å². The summed E-state index contributed by atoms with van der Waals surface area (Å²) < 4.78 is 6.56. The molecule has 0 bridgehead atoms. The molecule has 4 heterocycles. The number of nitrogens with zero attached hydrogens (tertiary/aromatic N) is 4. The fourth-order valence-electron chi connectivity index (χ4n) is 5.35. The maximum atomic E-state index is 12.8. The maximum absolute atomic E-state index is 12.8. The third-order valence-electron chi connectivity index (χ3n) is 7.48. The Morgan fingerprint density at radius 1 is 1.03 bits per heavy atom. The Morgan fingerprint density at radius 2 is 1.95 bits per heavy atom. The van der Waals surface area contributed by atoms with E-state index in [-0.39, 0.29) is 11.8 Å². The molecule has 0 spiro atoms. The predicted octanol–water partition coefficient (Wildman–Crippen LogP) is 5.33. The van der Waals surface area contributed by atoms with Gasteiger partial charge in [0.25, 0.3) is 0 Å². The molecule has 2 aliphatic rings. The molecule has 2 aromatic carbocycles. The zero-order valence-electron chi connectivity index (χ0n) is 21.8. The summed E-state index contributed by atoms with van der Waals surface area (Å²) in [4.78, 5) is 28.5. The lowest BCUT2D eigenvalue weighted by atomic mass is 10.0. The Labute approximate surface area is 222 Å². The van der Waals surface area contributed by atoms with Crippen molar-refractivity contribution < 1.29 is 9.53 Å². The van der Waals surface area contributed by atoms with E-state index < -0.39 is 0 Å². The molecule has 6 rings (SSSR count). The second-order valence-electron chi connectivity index (χ2n) is 10.2. The van der Waals surface area contributed by atoms with Gasteiger partial charge in [0.15, 0.2) is 0 Å². The number of anilines is 2. The SMILES string of the molecule is Cc1ccc2c(N3CC[C@@H](C)C3=O)cccc2c1Oc1ncccc1-c1ccnc(N[C@H]2CCCNC2)n1. The van der Waals surface area contributed by atoms with Crippen LogP contribution in [-0.4, -0.2) is 46.5 Å². The molecule has 1 amide bonds. The molecule has 0 unspecified atom stereocenters. The Kier molecular flexibility index (Phi) is 6.64. The third-order valence-corrected chi connectivity index (χ3v) is 7.48. The molecule has 4 aromatic rings. The number of piperidine rings is 1. The smallest absolute Gasteiger partial charge is 0.229 e. The number of fused-ring (bicyclic) bond motifs is 1. The molecule has 2 atom stereocenters. The highest BCUT2D eigenvalue weighted by molar-refractivity contribution is 6.07. The van der Waals surface area contributed by atoms with Gasteiger partial charge in [0.1, 0.15) is 5.75 Å². The molecule has 2 fully saturated rings. The van der Waals surface area contributed by atoms with Crippen LogP contribution in [0.5, 0.6) is 11.6 Å². The first-order valence-electron chi connectivity index (χ1n) is 13.4. The Hall–Kier alpha value is -4.04. The number of benzene rings is 2. The minimum atomic E-state index is 0.0455. The Morgan fingerprint density at radius 3 is 2.76 bits per heavy atom. The molecule has 0 aliphatic carbocycles. The number of aryl methyl sites for hydroxylation is 1. The van der Waals surface area contributed by atoms with Crippen LogP contribution >= 0.6 is 0 Å². The zero-order chi connectivity index (χ0) is 26.1. The lowest BCUT2D eigenvalue weighted by Gasteiger charge is -2.23. The Bertz CT molecular complexity index is 1480. The van der Waals surface area contributed by atoms with Crippen LogP contribution in [0, 0.1) is 12.8 Å². The van der Waals surface area contributed by atoms with Crippen LogP contribution in [0.3, 0.4) is 0 Å². The maximum Gasteiger partial charge on any atom is 0.229 e. The molecule has 194 valence electrons. The molecule has 2 saturated heterocycles. The van der Waals surface area contributed by atoms with Crippen LogP contribution in [0.15, 0.2) is 60.9 Å². The molecule has 8 heteroatoms. The number of aromatic nitrogens is 3. The number of ether oxygens (including phenoxy) is 1. The number of hydrogen-bond donors (Lipinski definition) is 2. The summed E-state index contributed by atoms with van der Waals surface area (Å²) in [5.41, 5.74) is 3.44. The van der Waals surface area contributed by atoms with E-state index in [1.165, 1.54) is 0 Å². The quantitative estimate of drug-likeness (QED) is 0.364. The highest BCUT2D eigenvalue weighted by Gasteiger charge is 2.30. The Balaban J connectivity index is 1.35. The number of hydrogen-bond acceptors (Lipinski definition) is 7. The average Bonchev–Trinajstić information content (AvgIpc) is 3.28. The van der Waals surface area contributed by atoms with Crippen LogP contribution in [0.1, 0.15) is 31.7 Å². The fourth-order valence-corrected chi connectivity index (χ4v) is 5.35. The van der Waals surface area contributed by atoms with Gasteiger partial charge in [-0.05, 0) is 62.6 Å². The number of nitrogens with one attached hydrogen (secondary N) is 2. The summed E-state index contributed by atoms with van der Waals surface area (Å²) in [6.07, 6.45) is 6.58. The molecule has 8 nitrogen and oxygen atoms in total. The molecule has 38 heavy (non-hydrogen) atoms. The highest BCUT2D eigenvalue weighted by atomic mass is 16.5. The van der Waals surface area contributed by atoms with Crippen LogP contribution in [0.2, 0.25) is 0 Å². The van der Waals surface area contributed by atoms with Crippen molar-refractivity contribution in [2.75, 3.05) is 29.9 Å². The zero-order valence-corrected chi connectivity index (χ0v) is 21.8. The molecule has 2 aromatic heterocycles. The highest BCUT2D eigenvalue weighted by Crippen LogP contribution is 2.40. The summed E-state index contributed by atoms with van der Waals surface area (Å²) in [6, 6.07) is 16.2. The van der Waals surface area contributed by atoms with Gasteiger partial charge in [0.05, 0.1) is 16.9 Å². The van der Waals surface area contributed by atoms with Crippen molar-refractivity contribution in [2.45, 2.75) is 39.2 Å². The number of carbonyl (C=O) groups is 1. The number of amides is 1. The standard InChI is InChI=1S/C30H32N6O2/c1-19-10-11-22-23(7-3-9-26(22)36-17-13-20(2)29(36)37)27(19)38-28-24(8-5-15-32-28)25-12-16-33-30(35-25)34-21-6-4-14-31-18-21/h3,5,7-12,15-16,20-21,31H,4,6,13-14,17-18H2,1-2H3,(H,33,34,35)/t20-,21+/m1/s1. The van der Waals surface area contributed by atoms with Crippen molar-refractivity contribution in [3.05, 3.63) is 66.5 Å². The van der Waals surface area contributed by atoms with E-state index in [1.54, 1.807) is 12.4 Å². The van der Waals surface area contributed by atoms with Gasteiger partial charge in [-0.15, -0.1) is 0 Å². The van der Waals surface area contributed by atoms with Gasteiger partial charge in [0.2, 0.25) is 17.7 Å². The second-order valence-corrected chi connectivity index (χ2v) is 10.2. The summed E-state index contributed by atoms with van der Waals surface area (Å²) in [7, 11) is 0. The summed E-state index contributed by atoms with van der Waals surface area (Å²) >= 11 is 0. The van der Waals surface area contributed by atoms with Gasteiger partial charge in [-0.1, -0.05) is 31.2 Å². The van der Waals surface area contributed by atoms with E-state index in [0.29, 0.717) is 17.9 Å². The van der Waals surface area contributed by atoms with Crippen LogP contribution in [-0.2, 0) is 4.79 Å². The lowest BCUT2D eigenvalue weighted by Crippen LogP contribution is -2.38. The first-order valence-corrected chi connectivity index (χ1v) is 13.4. The molecule has 0 radical (unpaired) electrons. The minimum Gasteiger partial charge on any atom is -0.437 e. The van der Waals surface area contributed by atoms with Crippen molar-refractivity contribution in [1.29, 1.82) is 0 Å². The van der Waals surface area contributed by atoms with Crippen molar-refractivity contribution >= 4 is 28.3 Å². The van der Waals surface area contributed by atoms with Gasteiger partial charge >= 0.3 is 0 Å². The van der Waals surface area contributed by atoms with Crippen LogP contribution < -0.4 is 20.3 Å². The van der Waals surface area contributed by atoms with Gasteiger partial charge in [0, 0.05) is 48.2 Å². The van der Waals surface area contributed by atoms with Crippen LogP contribution in [0.25, 0.3) is 22.0 Å². The van der Waals surface area contributed by atoms with E-state index in [0.717, 1.165) is 77.9 Å². The average molecular weight is 509 g/mol. The van der Waals surface area contributed by atoms with Gasteiger partial charge < -0.3 is 20.3 Å². The van der Waals surface area contributed by atoms with Crippen molar-refractivity contribution in [2.24, 2.45) is 5.92 Å². The first kappa shape index (κ1) is 24.3. The predicted molar refractivity (Wildman–Crippen MR) is 150 cm³/mol. The van der Waals surface area contributed by atoms with E-state index in [4.69, 9.17) is 9.72 Å². The molecule has 2 aliphatic heterocycles. The second kappa shape index (κ2) is 10.4. The molecular formula is C30H32N6O2. The van der Waals surface area contributed by atoms with E-state index in [1.807, 2.05) is 61.2 Å². The third kappa shape index (κ3) is 4.67. The molecule has 0 saturated carbocycles. The van der Waals surface area contributed by atoms with Gasteiger partial charge in [-0.25, -0.2) is 15.0 Å². The normalized spacial score (nSPS) is 19.6. The summed E-state index contributed by atoms with van der Waals surface area (Å²) in [5.74, 6) is 2.02. The first-order chi connectivity index (χ1) is 18.6. The number of carbonyl (C=O) groups excluding carboxylic acids is 1. The van der Waals surface area contributed by atoms with E-state index in [2.05, 4.69) is 26.7 Å². The number of pyridine rings is 1. The largest absolute Gasteiger partial charge is 0.437 e. The van der Waals surface area contributed by atoms with Gasteiger partial charge in [-0.3, -0.25) is 4.79 Å². The van der Waals surface area contributed by atoms with Crippen molar-refractivity contribution in [3.63, 3.8) is 0 Å². The lowest BCUT2D eigenvalue weighted by molar-refractivity contribution is -0.119. The molecular weight excluding hydrogens is 476 g/mol. The van der Waals surface area contributed by atoms with Crippen molar-refractivity contribution in [3.8, 4) is 22.9 Å². The van der Waals surface area contributed by atoms with Crippen LogP contribution in [0.4, 0.5) is 11.6 Å².